The molecule has 0 bridgehead atoms. The van der Waals surface area contributed by atoms with Gasteiger partial charge < -0.3 is 15.1 Å². The lowest BCUT2D eigenvalue weighted by Gasteiger charge is -2.55. The quantitative estimate of drug-likeness (QED) is 0.599. The minimum Gasteiger partial charge on any atom is -0.355 e. The maximum atomic E-state index is 14.4. The smallest absolute Gasteiger partial charge is 0.245 e. The first-order valence-electron chi connectivity index (χ1n) is 10.5. The molecule has 2 aliphatic heterocycles. The first-order chi connectivity index (χ1) is 15.5. The van der Waals surface area contributed by atoms with Crippen LogP contribution < -0.4 is 10.2 Å². The molecule has 3 aromatic rings. The molecular formula is C23H22ClFN6O. The van der Waals surface area contributed by atoms with Crippen LogP contribution in [0.2, 0.25) is 5.02 Å². The molecule has 2 aromatic heterocycles. The van der Waals surface area contributed by atoms with Crippen LogP contribution in [-0.4, -0.2) is 51.9 Å². The molecule has 9 heteroatoms. The van der Waals surface area contributed by atoms with Gasteiger partial charge in [0.2, 0.25) is 5.91 Å². The largest absolute Gasteiger partial charge is 0.355 e. The van der Waals surface area contributed by atoms with Gasteiger partial charge in [0.15, 0.2) is 11.6 Å². The van der Waals surface area contributed by atoms with E-state index < -0.39 is 5.82 Å². The summed E-state index contributed by atoms with van der Waals surface area (Å²) in [6, 6.07) is 8.57. The molecule has 164 valence electrons. The predicted molar refractivity (Wildman–Crippen MR) is 123 cm³/mol. The molecule has 2 fully saturated rings. The summed E-state index contributed by atoms with van der Waals surface area (Å²) in [6.45, 7) is 6.78. The third-order valence-electron chi connectivity index (χ3n) is 6.20. The summed E-state index contributed by atoms with van der Waals surface area (Å²) >= 11 is 5.90. The molecule has 0 radical (unpaired) electrons. The Morgan fingerprint density at radius 1 is 1.22 bits per heavy atom. The van der Waals surface area contributed by atoms with E-state index in [1.165, 1.54) is 18.5 Å². The molecular weight excluding hydrogens is 431 g/mol. The number of fused-ring (bicyclic) bond motifs is 1. The van der Waals surface area contributed by atoms with E-state index in [0.29, 0.717) is 16.9 Å². The number of nitrogens with one attached hydrogen (secondary N) is 1. The molecule has 2 saturated heterocycles. The van der Waals surface area contributed by atoms with Gasteiger partial charge >= 0.3 is 0 Å². The number of nitrogens with zero attached hydrogens (tertiary/aromatic N) is 5. The summed E-state index contributed by atoms with van der Waals surface area (Å²) < 4.78 is 14.4. The highest BCUT2D eigenvalue weighted by atomic mass is 35.5. The third-order valence-corrected chi connectivity index (χ3v) is 6.49. The second kappa shape index (κ2) is 8.02. The van der Waals surface area contributed by atoms with Crippen molar-refractivity contribution in [1.82, 2.24) is 19.9 Å². The van der Waals surface area contributed by atoms with Gasteiger partial charge in [-0.15, -0.1) is 0 Å². The van der Waals surface area contributed by atoms with Crippen molar-refractivity contribution < 1.29 is 9.18 Å². The van der Waals surface area contributed by atoms with Gasteiger partial charge in [0.05, 0.1) is 16.2 Å². The number of hydrogen-bond donors (Lipinski definition) is 1. The Kier molecular flexibility index (Phi) is 5.17. The van der Waals surface area contributed by atoms with Crippen LogP contribution in [-0.2, 0) is 4.79 Å². The Morgan fingerprint density at radius 2 is 2.06 bits per heavy atom. The first-order valence-corrected chi connectivity index (χ1v) is 10.8. The second-order valence-electron chi connectivity index (χ2n) is 8.41. The van der Waals surface area contributed by atoms with E-state index in [1.54, 1.807) is 12.1 Å². The van der Waals surface area contributed by atoms with E-state index >= 15 is 0 Å². The summed E-state index contributed by atoms with van der Waals surface area (Å²) in [7, 11) is 0. The molecule has 5 rings (SSSR count). The molecule has 1 spiro atoms. The van der Waals surface area contributed by atoms with Crippen molar-refractivity contribution in [3.8, 4) is 0 Å². The van der Waals surface area contributed by atoms with E-state index in [0.717, 1.165) is 44.8 Å². The monoisotopic (exact) mass is 452 g/mol. The molecule has 4 heterocycles. The number of carbonyl (C=O) groups excluding carboxylic acids is 1. The van der Waals surface area contributed by atoms with E-state index in [1.807, 2.05) is 17.0 Å². The third kappa shape index (κ3) is 3.64. The van der Waals surface area contributed by atoms with E-state index in [4.69, 9.17) is 16.6 Å². The fraction of sp³-hybridized carbons (Fsp3) is 0.304. The van der Waals surface area contributed by atoms with Crippen molar-refractivity contribution in [3.63, 3.8) is 0 Å². The molecule has 0 unspecified atom stereocenters. The summed E-state index contributed by atoms with van der Waals surface area (Å²) in [5, 5.41) is 3.03. The van der Waals surface area contributed by atoms with Gasteiger partial charge in [0, 0.05) is 31.6 Å². The molecule has 0 aliphatic carbocycles. The van der Waals surface area contributed by atoms with E-state index in [9.17, 15) is 9.18 Å². The lowest BCUT2D eigenvalue weighted by molar-refractivity contribution is -0.130. The summed E-state index contributed by atoms with van der Waals surface area (Å²) in [4.78, 5) is 29.5. The molecule has 7 nitrogen and oxygen atoms in total. The summed E-state index contributed by atoms with van der Waals surface area (Å²) in [6.07, 6.45) is 4.88. The number of anilines is 3. The van der Waals surface area contributed by atoms with Crippen LogP contribution in [0.25, 0.3) is 11.0 Å². The van der Waals surface area contributed by atoms with Crippen molar-refractivity contribution in [2.24, 2.45) is 5.41 Å². The number of piperidine rings is 1. The number of amides is 1. The summed E-state index contributed by atoms with van der Waals surface area (Å²) in [5.74, 6) is 0.665. The normalized spacial score (nSPS) is 17.3. The Labute approximate surface area is 189 Å². The predicted octanol–water partition coefficient (Wildman–Crippen LogP) is 4.18. The zero-order valence-electron chi connectivity index (χ0n) is 17.4. The first kappa shape index (κ1) is 20.6. The number of benzene rings is 1. The molecule has 1 N–H and O–H groups in total. The average Bonchev–Trinajstić information content (AvgIpc) is 2.80. The van der Waals surface area contributed by atoms with Gasteiger partial charge in [0.25, 0.3) is 0 Å². The van der Waals surface area contributed by atoms with Crippen molar-refractivity contribution >= 4 is 45.9 Å². The van der Waals surface area contributed by atoms with Crippen LogP contribution in [0.4, 0.5) is 21.7 Å². The molecule has 0 saturated carbocycles. The van der Waals surface area contributed by atoms with Gasteiger partial charge in [-0.1, -0.05) is 24.2 Å². The topological polar surface area (TPSA) is 74.2 Å². The number of halogens is 2. The van der Waals surface area contributed by atoms with Crippen LogP contribution in [0, 0.1) is 11.2 Å². The van der Waals surface area contributed by atoms with Gasteiger partial charge in [-0.2, -0.15) is 0 Å². The standard InChI is InChI=1S/C23H22ClFN6O/c1-2-19(32)30-10-4-9-23(11-30)12-31(13-23)18-8-7-17-21(29-18)22(27-14-26-17)28-16-6-3-5-15(24)20(16)25/h2-3,5-8,14H,1,4,9-13H2,(H,26,27,28). The van der Waals surface area contributed by atoms with Crippen LogP contribution >= 0.6 is 11.6 Å². The maximum Gasteiger partial charge on any atom is 0.245 e. The van der Waals surface area contributed by atoms with Crippen molar-refractivity contribution in [2.45, 2.75) is 12.8 Å². The Morgan fingerprint density at radius 3 is 2.88 bits per heavy atom. The second-order valence-corrected chi connectivity index (χ2v) is 8.82. The molecule has 2 aliphatic rings. The van der Waals surface area contributed by atoms with Gasteiger partial charge in [0.1, 0.15) is 17.7 Å². The Balaban J connectivity index is 1.39. The van der Waals surface area contributed by atoms with Crippen LogP contribution in [0.5, 0.6) is 0 Å². The van der Waals surface area contributed by atoms with Gasteiger partial charge in [-0.05, 0) is 43.2 Å². The minimum absolute atomic E-state index is 0.00697. The lowest BCUT2D eigenvalue weighted by Crippen LogP contribution is -2.63. The molecule has 0 atom stereocenters. The number of carbonyl (C=O) groups is 1. The van der Waals surface area contributed by atoms with E-state index in [-0.39, 0.29) is 22.0 Å². The molecule has 1 aromatic carbocycles. The highest BCUT2D eigenvalue weighted by Gasteiger charge is 2.46. The fourth-order valence-electron chi connectivity index (χ4n) is 4.63. The number of hydrogen-bond acceptors (Lipinski definition) is 6. The average molecular weight is 453 g/mol. The Hall–Kier alpha value is -3.26. The molecule has 32 heavy (non-hydrogen) atoms. The zero-order valence-corrected chi connectivity index (χ0v) is 18.1. The Bertz CT molecular complexity index is 1210. The zero-order chi connectivity index (χ0) is 22.3. The SMILES string of the molecule is C=CC(=O)N1CCCC2(C1)CN(c1ccc3ncnc(Nc4cccc(Cl)c4F)c3n1)C2. The van der Waals surface area contributed by atoms with Gasteiger partial charge in [-0.3, -0.25) is 4.79 Å². The van der Waals surface area contributed by atoms with Crippen LogP contribution in [0.3, 0.4) is 0 Å². The van der Waals surface area contributed by atoms with Crippen LogP contribution in [0.1, 0.15) is 12.8 Å². The van der Waals surface area contributed by atoms with Crippen LogP contribution in [0.15, 0.2) is 49.3 Å². The highest BCUT2D eigenvalue weighted by molar-refractivity contribution is 6.31. The maximum absolute atomic E-state index is 14.4. The summed E-state index contributed by atoms with van der Waals surface area (Å²) in [5.41, 5.74) is 1.52. The van der Waals surface area contributed by atoms with Crippen molar-refractivity contribution in [1.29, 1.82) is 0 Å². The number of pyridine rings is 1. The van der Waals surface area contributed by atoms with Crippen molar-refractivity contribution in [2.75, 3.05) is 36.4 Å². The number of rotatable bonds is 4. The molecule has 1 amide bonds. The number of likely N-dealkylation sites (tertiary alicyclic amines) is 1. The lowest BCUT2D eigenvalue weighted by atomic mass is 9.73. The van der Waals surface area contributed by atoms with Crippen molar-refractivity contribution in [3.05, 3.63) is 60.2 Å². The van der Waals surface area contributed by atoms with E-state index in [2.05, 4.69) is 26.8 Å². The highest BCUT2D eigenvalue weighted by Crippen LogP contribution is 2.41. The number of aromatic nitrogens is 3. The fourth-order valence-corrected chi connectivity index (χ4v) is 4.81. The minimum atomic E-state index is -0.544. The van der Waals surface area contributed by atoms with Gasteiger partial charge in [-0.25, -0.2) is 19.3 Å².